The van der Waals surface area contributed by atoms with Gasteiger partial charge in [0.15, 0.2) is 0 Å². The highest BCUT2D eigenvalue weighted by Gasteiger charge is 2.38. The van der Waals surface area contributed by atoms with Crippen molar-refractivity contribution in [3.05, 3.63) is 59.7 Å². The highest BCUT2D eigenvalue weighted by atomic mass is 79.9. The first kappa shape index (κ1) is 37.5. The number of carbonyl (C=O) groups is 1. The molecular weight excluding hydrogens is 773 g/mol. The highest BCUT2D eigenvalue weighted by molar-refractivity contribution is 9.10. The lowest BCUT2D eigenvalue weighted by Gasteiger charge is -2.48. The van der Waals surface area contributed by atoms with Crippen LogP contribution in [-0.4, -0.2) is 117 Å². The molecule has 2 aliphatic rings. The van der Waals surface area contributed by atoms with Gasteiger partial charge in [-0.15, -0.1) is 0 Å². The molecule has 7 rings (SSSR count). The molecule has 5 aromatic rings. The molecule has 0 spiro atoms. The quantitative estimate of drug-likeness (QED) is 0.166. The predicted molar refractivity (Wildman–Crippen MR) is 216 cm³/mol. The number of rotatable bonds is 9. The summed E-state index contributed by atoms with van der Waals surface area (Å²) in [4.78, 5) is 37.4. The van der Waals surface area contributed by atoms with Gasteiger partial charge in [-0.05, 0) is 68.2 Å². The number of anilines is 5. The van der Waals surface area contributed by atoms with E-state index in [2.05, 4.69) is 56.4 Å². The Bertz CT molecular complexity index is 2240. The van der Waals surface area contributed by atoms with E-state index in [4.69, 9.17) is 14.5 Å². The molecule has 2 fully saturated rings. The summed E-state index contributed by atoms with van der Waals surface area (Å²) in [7, 11) is 0.757. The third-order valence-corrected chi connectivity index (χ3v) is 11.5. The number of aromatic nitrogens is 6. The van der Waals surface area contributed by atoms with E-state index in [-0.39, 0.29) is 6.09 Å². The maximum atomic E-state index is 13.5. The van der Waals surface area contributed by atoms with Crippen LogP contribution in [0.3, 0.4) is 0 Å². The van der Waals surface area contributed by atoms with E-state index in [1.807, 2.05) is 64.5 Å². The zero-order chi connectivity index (χ0) is 38.4. The van der Waals surface area contributed by atoms with Crippen molar-refractivity contribution in [1.82, 2.24) is 39.5 Å². The normalized spacial score (nSPS) is 15.6. The van der Waals surface area contributed by atoms with Gasteiger partial charge < -0.3 is 34.5 Å². The van der Waals surface area contributed by atoms with Gasteiger partial charge in [0.25, 0.3) is 0 Å². The first-order chi connectivity index (χ1) is 25.7. The Balaban J connectivity index is 1.13. The first-order valence-electron chi connectivity index (χ1n) is 17.7. The van der Waals surface area contributed by atoms with Crippen LogP contribution in [0.15, 0.2) is 59.7 Å². The van der Waals surface area contributed by atoms with Gasteiger partial charge in [0.1, 0.15) is 29.8 Å². The molecule has 0 atom stereocenters. The lowest BCUT2D eigenvalue weighted by Crippen LogP contribution is -2.64. The van der Waals surface area contributed by atoms with Crippen molar-refractivity contribution in [1.29, 1.82) is 0 Å². The maximum absolute atomic E-state index is 13.5. The molecule has 2 saturated heterocycles. The van der Waals surface area contributed by atoms with E-state index in [1.54, 1.807) is 48.6 Å². The van der Waals surface area contributed by atoms with Gasteiger partial charge in [0.05, 0.1) is 40.0 Å². The number of methoxy groups -OCH3 is 1. The van der Waals surface area contributed by atoms with E-state index in [0.29, 0.717) is 68.8 Å². The summed E-state index contributed by atoms with van der Waals surface area (Å²) in [5.41, 5.74) is 5.02. The lowest BCUT2D eigenvalue weighted by atomic mass is 10.0. The second kappa shape index (κ2) is 14.8. The minimum absolute atomic E-state index is 0.251. The molecule has 5 heterocycles. The molecular formula is C37H45BrN11O4P. The number of hydrogen-bond acceptors (Lipinski definition) is 13. The number of aryl methyl sites for hydroxylation is 1. The van der Waals surface area contributed by atoms with E-state index in [1.165, 1.54) is 0 Å². The maximum Gasteiger partial charge on any atom is 0.410 e. The Hall–Kier alpha value is -4.79. The molecule has 0 saturated carbocycles. The minimum Gasteiger partial charge on any atom is -0.494 e. The van der Waals surface area contributed by atoms with Crippen LogP contribution in [0.2, 0.25) is 0 Å². The molecule has 1 amide bonds. The second-order valence-corrected chi connectivity index (χ2v) is 18.9. The second-order valence-electron chi connectivity index (χ2n) is 14.9. The van der Waals surface area contributed by atoms with Crippen LogP contribution < -0.4 is 25.6 Å². The van der Waals surface area contributed by atoms with Gasteiger partial charge in [-0.2, -0.15) is 10.1 Å². The topological polar surface area (TPSA) is 156 Å². The lowest BCUT2D eigenvalue weighted by molar-refractivity contribution is -0.0162. The van der Waals surface area contributed by atoms with E-state index < -0.39 is 12.7 Å². The van der Waals surface area contributed by atoms with Crippen molar-refractivity contribution in [2.45, 2.75) is 32.4 Å². The average molecular weight is 819 g/mol. The summed E-state index contributed by atoms with van der Waals surface area (Å²) in [6.07, 6.45) is 8.48. The summed E-state index contributed by atoms with van der Waals surface area (Å²) < 4.78 is 27.4. The molecule has 3 aromatic heterocycles. The number of likely N-dealkylation sites (tertiary alicyclic amines) is 1. The zero-order valence-electron chi connectivity index (χ0n) is 31.5. The monoisotopic (exact) mass is 817 g/mol. The molecule has 15 nitrogen and oxygen atoms in total. The molecule has 2 N–H and O–H groups in total. The Morgan fingerprint density at radius 1 is 0.981 bits per heavy atom. The van der Waals surface area contributed by atoms with Crippen molar-refractivity contribution in [3.63, 3.8) is 0 Å². The van der Waals surface area contributed by atoms with Crippen molar-refractivity contribution in [3.8, 4) is 16.9 Å². The standard InChI is InChI=1S/C37H45BrN11O4P/c1-37(2,3)53-36(50)49-21-24(22-49)47-12-14-48(15-13-47)30-17-31(52-5)29(16-25(30)23-18-42-46(4)20-23)44-35-41-19-26(38)34(45-35)43-28-9-8-27-32(40-11-10-39-27)33(28)54(6,7)51/h8-11,16-20,24H,12-15,21-22H2,1-7H3,(H2,41,43,44,45). The van der Waals surface area contributed by atoms with Crippen molar-refractivity contribution >= 4 is 74.3 Å². The summed E-state index contributed by atoms with van der Waals surface area (Å²) in [6.45, 7) is 13.8. The number of piperazine rings is 1. The number of amides is 1. The molecule has 284 valence electrons. The van der Waals surface area contributed by atoms with E-state index >= 15 is 0 Å². The fourth-order valence-electron chi connectivity index (χ4n) is 6.81. The van der Waals surface area contributed by atoms with Crippen LogP contribution in [0.4, 0.5) is 33.6 Å². The third-order valence-electron chi connectivity index (χ3n) is 9.41. The summed E-state index contributed by atoms with van der Waals surface area (Å²) in [5, 5.41) is 11.8. The number of hydrogen-bond donors (Lipinski definition) is 2. The molecule has 17 heteroatoms. The third kappa shape index (κ3) is 8.01. The van der Waals surface area contributed by atoms with Crippen LogP contribution in [0.25, 0.3) is 22.2 Å². The van der Waals surface area contributed by atoms with Gasteiger partial charge in [0, 0.05) is 100 Å². The van der Waals surface area contributed by atoms with Crippen LogP contribution >= 0.6 is 23.1 Å². The van der Waals surface area contributed by atoms with Crippen LogP contribution in [0, 0.1) is 0 Å². The number of nitrogens with zero attached hydrogens (tertiary/aromatic N) is 9. The number of ether oxygens (including phenoxy) is 2. The van der Waals surface area contributed by atoms with Crippen molar-refractivity contribution in [2.75, 3.05) is 75.2 Å². The molecule has 2 aliphatic heterocycles. The van der Waals surface area contributed by atoms with Gasteiger partial charge in [0.2, 0.25) is 5.95 Å². The Kier molecular flexibility index (Phi) is 10.3. The van der Waals surface area contributed by atoms with Gasteiger partial charge in [-0.1, -0.05) is 0 Å². The number of halogens is 1. The minimum atomic E-state index is -2.79. The predicted octanol–water partition coefficient (Wildman–Crippen LogP) is 6.07. The fourth-order valence-corrected chi connectivity index (χ4v) is 8.49. The molecule has 0 radical (unpaired) electrons. The van der Waals surface area contributed by atoms with E-state index in [9.17, 15) is 9.36 Å². The SMILES string of the molecule is COc1cc(N2CCN(C3CN(C(=O)OC(C)(C)C)C3)CC2)c(-c2cnn(C)c2)cc1Nc1ncc(Br)c(Nc2ccc3nccnc3c2P(C)(C)=O)n1. The Morgan fingerprint density at radius 2 is 1.72 bits per heavy atom. The molecule has 0 unspecified atom stereocenters. The highest BCUT2D eigenvalue weighted by Crippen LogP contribution is 2.43. The molecule has 2 aromatic carbocycles. The van der Waals surface area contributed by atoms with Crippen LogP contribution in [-0.2, 0) is 16.3 Å². The number of fused-ring (bicyclic) bond motifs is 1. The summed E-state index contributed by atoms with van der Waals surface area (Å²) in [6, 6.07) is 8.11. The first-order valence-corrected chi connectivity index (χ1v) is 21.1. The molecule has 0 aliphatic carbocycles. The number of carbonyl (C=O) groups excluding carboxylic acids is 1. The average Bonchev–Trinajstić information content (AvgIpc) is 3.53. The molecule has 0 bridgehead atoms. The Labute approximate surface area is 323 Å². The van der Waals surface area contributed by atoms with Crippen LogP contribution in [0.5, 0.6) is 5.75 Å². The number of benzene rings is 2. The fraction of sp³-hybridized carbons (Fsp3) is 0.405. The van der Waals surface area contributed by atoms with E-state index in [0.717, 1.165) is 43.0 Å². The van der Waals surface area contributed by atoms with Gasteiger partial charge >= 0.3 is 6.09 Å². The van der Waals surface area contributed by atoms with Crippen molar-refractivity contribution < 1.29 is 18.8 Å². The van der Waals surface area contributed by atoms with Crippen molar-refractivity contribution in [2.24, 2.45) is 7.05 Å². The smallest absolute Gasteiger partial charge is 0.410 e. The number of nitrogens with one attached hydrogen (secondary N) is 2. The Morgan fingerprint density at radius 3 is 2.39 bits per heavy atom. The van der Waals surface area contributed by atoms with Gasteiger partial charge in [-0.25, -0.2) is 9.78 Å². The molecule has 54 heavy (non-hydrogen) atoms. The summed E-state index contributed by atoms with van der Waals surface area (Å²) in [5.74, 6) is 1.44. The summed E-state index contributed by atoms with van der Waals surface area (Å²) >= 11 is 3.59. The van der Waals surface area contributed by atoms with Gasteiger partial charge in [-0.3, -0.25) is 19.5 Å². The largest absolute Gasteiger partial charge is 0.494 e. The van der Waals surface area contributed by atoms with Crippen LogP contribution in [0.1, 0.15) is 20.8 Å². The zero-order valence-corrected chi connectivity index (χ0v) is 34.0.